The van der Waals surface area contributed by atoms with Crippen LogP contribution in [-0.4, -0.2) is 77.7 Å². The molecule has 2 aliphatic rings. The molecule has 0 radical (unpaired) electrons. The SMILES string of the molecule is O=C(O)CON=C(C(=O)NC1C(=O)N2C(C(=O)O)=C(Cl)CS[C@H]12)c1ncsn1. The molecule has 0 saturated carbocycles. The summed E-state index contributed by atoms with van der Waals surface area (Å²) in [7, 11) is 0. The van der Waals surface area contributed by atoms with Crippen LogP contribution in [0.3, 0.4) is 0 Å². The van der Waals surface area contributed by atoms with Crippen LogP contribution in [-0.2, 0) is 24.0 Å². The van der Waals surface area contributed by atoms with Crippen molar-refractivity contribution in [2.75, 3.05) is 12.4 Å². The topological polar surface area (TPSA) is 171 Å². The Hall–Kier alpha value is -2.71. The number of oxime groups is 1. The molecular formula is C13H10ClN5O7S2. The van der Waals surface area contributed by atoms with Gasteiger partial charge in [0.25, 0.3) is 11.8 Å². The van der Waals surface area contributed by atoms with Crippen molar-refractivity contribution in [3.63, 3.8) is 0 Å². The smallest absolute Gasteiger partial charge is 0.353 e. The Labute approximate surface area is 169 Å². The van der Waals surface area contributed by atoms with E-state index in [1.54, 1.807) is 0 Å². The lowest BCUT2D eigenvalue weighted by molar-refractivity contribution is -0.150. The first kappa shape index (κ1) is 20.0. The third-order valence-electron chi connectivity index (χ3n) is 3.54. The highest BCUT2D eigenvalue weighted by Gasteiger charge is 2.54. The molecule has 28 heavy (non-hydrogen) atoms. The summed E-state index contributed by atoms with van der Waals surface area (Å²) >= 11 is 8.00. The van der Waals surface area contributed by atoms with E-state index in [1.165, 1.54) is 17.3 Å². The number of fused-ring (bicyclic) bond motifs is 1. The van der Waals surface area contributed by atoms with Crippen LogP contribution in [0.25, 0.3) is 0 Å². The van der Waals surface area contributed by atoms with Crippen molar-refractivity contribution in [1.29, 1.82) is 0 Å². The number of hydrogen-bond donors (Lipinski definition) is 3. The van der Waals surface area contributed by atoms with Gasteiger partial charge in [-0.2, -0.15) is 4.37 Å². The lowest BCUT2D eigenvalue weighted by atomic mass is 10.0. The maximum atomic E-state index is 12.5. The third kappa shape index (κ3) is 3.79. The largest absolute Gasteiger partial charge is 0.479 e. The van der Waals surface area contributed by atoms with Crippen molar-refractivity contribution in [2.24, 2.45) is 5.16 Å². The Balaban J connectivity index is 1.76. The van der Waals surface area contributed by atoms with Gasteiger partial charge < -0.3 is 20.4 Å². The second-order valence-corrected chi connectivity index (χ2v) is 7.45. The zero-order valence-electron chi connectivity index (χ0n) is 13.6. The highest BCUT2D eigenvalue weighted by atomic mass is 35.5. The summed E-state index contributed by atoms with van der Waals surface area (Å²) < 4.78 is 3.84. The van der Waals surface area contributed by atoms with Crippen LogP contribution in [0.4, 0.5) is 0 Å². The molecule has 2 atom stereocenters. The number of aliphatic carboxylic acids is 2. The number of carbonyl (C=O) groups excluding carboxylic acids is 2. The fraction of sp³-hybridized carbons (Fsp3) is 0.308. The van der Waals surface area contributed by atoms with Gasteiger partial charge in [-0.15, -0.1) is 11.8 Å². The predicted molar refractivity (Wildman–Crippen MR) is 95.6 cm³/mol. The summed E-state index contributed by atoms with van der Waals surface area (Å²) in [6.07, 6.45) is 0. The minimum Gasteiger partial charge on any atom is -0.479 e. The third-order valence-corrected chi connectivity index (χ3v) is 5.77. The summed E-state index contributed by atoms with van der Waals surface area (Å²) in [6, 6.07) is -1.03. The molecule has 0 aliphatic carbocycles. The van der Waals surface area contributed by atoms with E-state index in [0.29, 0.717) is 0 Å². The molecule has 3 N–H and O–H groups in total. The van der Waals surface area contributed by atoms with E-state index in [-0.39, 0.29) is 22.3 Å². The van der Waals surface area contributed by atoms with Crippen molar-refractivity contribution in [3.8, 4) is 0 Å². The zero-order chi connectivity index (χ0) is 20.4. The van der Waals surface area contributed by atoms with Gasteiger partial charge in [0, 0.05) is 5.75 Å². The second kappa shape index (κ2) is 8.12. The number of carboxylic acids is 2. The molecular weight excluding hydrogens is 438 g/mol. The van der Waals surface area contributed by atoms with Crippen molar-refractivity contribution in [1.82, 2.24) is 19.6 Å². The number of nitrogens with one attached hydrogen (secondary N) is 1. The molecule has 1 fully saturated rings. The van der Waals surface area contributed by atoms with E-state index in [9.17, 15) is 24.3 Å². The molecule has 1 aromatic rings. The van der Waals surface area contributed by atoms with Gasteiger partial charge in [-0.05, 0) is 11.5 Å². The molecule has 3 heterocycles. The van der Waals surface area contributed by atoms with Gasteiger partial charge in [-0.25, -0.2) is 14.6 Å². The van der Waals surface area contributed by atoms with Gasteiger partial charge in [0.2, 0.25) is 18.1 Å². The highest BCUT2D eigenvalue weighted by Crippen LogP contribution is 2.41. The van der Waals surface area contributed by atoms with Gasteiger partial charge in [-0.3, -0.25) is 14.5 Å². The van der Waals surface area contributed by atoms with Crippen molar-refractivity contribution in [3.05, 3.63) is 22.1 Å². The van der Waals surface area contributed by atoms with Crippen molar-refractivity contribution >= 4 is 64.4 Å². The van der Waals surface area contributed by atoms with Crippen molar-refractivity contribution in [2.45, 2.75) is 11.4 Å². The number of carboxylic acid groups (broad SMARTS) is 2. The molecule has 12 nitrogen and oxygen atoms in total. The molecule has 2 amide bonds. The molecule has 1 saturated heterocycles. The molecule has 1 aromatic heterocycles. The Morgan fingerprint density at radius 1 is 1.43 bits per heavy atom. The number of aromatic nitrogens is 2. The van der Waals surface area contributed by atoms with Crippen LogP contribution < -0.4 is 5.32 Å². The van der Waals surface area contributed by atoms with E-state index in [4.69, 9.17) is 16.7 Å². The normalized spacial score (nSPS) is 21.7. The lowest BCUT2D eigenvalue weighted by Crippen LogP contribution is -2.71. The lowest BCUT2D eigenvalue weighted by Gasteiger charge is -2.48. The van der Waals surface area contributed by atoms with Gasteiger partial charge in [0.1, 0.15) is 22.6 Å². The minimum absolute atomic E-state index is 0.0304. The summed E-state index contributed by atoms with van der Waals surface area (Å²) in [5, 5.41) is 23.1. The van der Waals surface area contributed by atoms with Crippen LogP contribution in [0, 0.1) is 0 Å². The number of amides is 2. The zero-order valence-corrected chi connectivity index (χ0v) is 16.0. The molecule has 0 spiro atoms. The number of hydrogen-bond acceptors (Lipinski definition) is 10. The summed E-state index contributed by atoms with van der Waals surface area (Å²) in [6.45, 7) is -0.791. The number of rotatable bonds is 7. The van der Waals surface area contributed by atoms with Crippen LogP contribution in [0.15, 0.2) is 21.4 Å². The number of thioether (sulfide) groups is 1. The average molecular weight is 448 g/mol. The highest BCUT2D eigenvalue weighted by molar-refractivity contribution is 8.00. The van der Waals surface area contributed by atoms with Crippen LogP contribution in [0.5, 0.6) is 0 Å². The molecule has 2 aliphatic heterocycles. The maximum absolute atomic E-state index is 12.5. The minimum atomic E-state index is -1.34. The Kier molecular flexibility index (Phi) is 5.81. The van der Waals surface area contributed by atoms with E-state index in [2.05, 4.69) is 24.7 Å². The molecule has 15 heteroatoms. The first-order valence-electron chi connectivity index (χ1n) is 7.37. The monoisotopic (exact) mass is 447 g/mol. The van der Waals surface area contributed by atoms with Crippen LogP contribution >= 0.6 is 34.9 Å². The standard InChI is InChI=1S/C13H10ClN5O7S2/c14-4-2-27-12-7(11(23)19(12)8(4)13(24)25)16-10(22)6(9-15-3-28-18-9)17-26-1-5(20)21/h3,7,12H,1-2H2,(H,16,22)(H,20,21)(H,24,25)/t7?,12-/m1/s1. The van der Waals surface area contributed by atoms with E-state index in [1.807, 2.05) is 0 Å². The predicted octanol–water partition coefficient (Wildman–Crippen LogP) is -0.722. The van der Waals surface area contributed by atoms with E-state index < -0.39 is 47.5 Å². The number of carbonyl (C=O) groups is 4. The van der Waals surface area contributed by atoms with Gasteiger partial charge >= 0.3 is 11.9 Å². The average Bonchev–Trinajstić information content (AvgIpc) is 3.16. The Bertz CT molecular complexity index is 903. The number of β-lactam (4-membered cyclic amide) rings is 1. The fourth-order valence-electron chi connectivity index (χ4n) is 2.40. The Morgan fingerprint density at radius 3 is 2.79 bits per heavy atom. The first-order valence-corrected chi connectivity index (χ1v) is 9.63. The van der Waals surface area contributed by atoms with Gasteiger partial charge in [0.05, 0.1) is 5.03 Å². The Morgan fingerprint density at radius 2 is 2.18 bits per heavy atom. The van der Waals surface area contributed by atoms with Crippen LogP contribution in [0.2, 0.25) is 0 Å². The van der Waals surface area contributed by atoms with Crippen LogP contribution in [0.1, 0.15) is 5.82 Å². The van der Waals surface area contributed by atoms with E-state index in [0.717, 1.165) is 16.4 Å². The summed E-state index contributed by atoms with van der Waals surface area (Å²) in [5.74, 6) is -4.12. The van der Waals surface area contributed by atoms with Gasteiger partial charge in [0.15, 0.2) is 0 Å². The number of halogens is 1. The summed E-state index contributed by atoms with van der Waals surface area (Å²) in [4.78, 5) is 56.2. The first-order chi connectivity index (χ1) is 13.3. The molecule has 1 unspecified atom stereocenters. The maximum Gasteiger partial charge on any atom is 0.353 e. The summed E-state index contributed by atoms with van der Waals surface area (Å²) in [5.41, 5.74) is 0.594. The quantitative estimate of drug-likeness (QED) is 0.275. The second-order valence-electron chi connectivity index (χ2n) is 5.28. The van der Waals surface area contributed by atoms with E-state index >= 15 is 0 Å². The van der Waals surface area contributed by atoms with Gasteiger partial charge in [-0.1, -0.05) is 16.8 Å². The molecule has 0 aromatic carbocycles. The van der Waals surface area contributed by atoms with Crippen molar-refractivity contribution < 1.29 is 34.2 Å². The molecule has 3 rings (SSSR count). The molecule has 148 valence electrons. The number of nitrogens with zero attached hydrogens (tertiary/aromatic N) is 4. The molecule has 0 bridgehead atoms. The fourth-order valence-corrected chi connectivity index (χ4v) is 4.38.